The largest absolute Gasteiger partial charge is 0.392 e. The highest BCUT2D eigenvalue weighted by Gasteiger charge is 2.49. The standard InChI is InChI=1S/C9H8Cl3NO2S.C7H6Cl2O/c10-9(11,12)16-13-7(14)5-3-1-2-4-6(5)8(13)15;8-6-2-1-5(4-10)7(9)3-6/h1-2,5-6H,3-4H2;1-3,10H,4H2. The molecule has 2 aliphatic rings. The molecule has 142 valence electrons. The van der Waals surface area contributed by atoms with Crippen molar-refractivity contribution in [2.24, 2.45) is 11.8 Å². The normalized spacial score (nSPS) is 22.2. The molecule has 0 saturated carbocycles. The molecular formula is C16H14Cl5NO3S. The first kappa shape index (κ1) is 22.2. The van der Waals surface area contributed by atoms with Crippen LogP contribution in [0.4, 0.5) is 0 Å². The number of hydrogen-bond donors (Lipinski definition) is 1. The zero-order valence-electron chi connectivity index (χ0n) is 13.2. The molecule has 0 aromatic heterocycles. The minimum absolute atomic E-state index is 0.0456. The van der Waals surface area contributed by atoms with Crippen LogP contribution < -0.4 is 0 Å². The van der Waals surface area contributed by atoms with Gasteiger partial charge in [0.2, 0.25) is 11.8 Å². The average Bonchev–Trinajstić information content (AvgIpc) is 2.80. The molecule has 2 amide bonds. The lowest BCUT2D eigenvalue weighted by Crippen LogP contribution is -2.26. The van der Waals surface area contributed by atoms with Crippen molar-refractivity contribution in [1.82, 2.24) is 4.31 Å². The fourth-order valence-electron chi connectivity index (χ4n) is 2.61. The van der Waals surface area contributed by atoms with Crippen LogP contribution in [0.15, 0.2) is 30.4 Å². The molecule has 1 aliphatic heterocycles. The van der Waals surface area contributed by atoms with Gasteiger partial charge in [-0.25, -0.2) is 4.31 Å². The number of hydrogen-bond acceptors (Lipinski definition) is 4. The predicted octanol–water partition coefficient (Wildman–Crippen LogP) is 5.40. The van der Waals surface area contributed by atoms with Gasteiger partial charge in [0, 0.05) is 22.0 Å². The van der Waals surface area contributed by atoms with E-state index >= 15 is 0 Å². The Morgan fingerprint density at radius 1 is 1.08 bits per heavy atom. The number of nitrogens with zero attached hydrogens (tertiary/aromatic N) is 1. The highest BCUT2D eigenvalue weighted by molar-refractivity contribution is 8.03. The molecule has 1 saturated heterocycles. The third-order valence-electron chi connectivity index (χ3n) is 3.85. The van der Waals surface area contributed by atoms with Crippen LogP contribution in [0.3, 0.4) is 0 Å². The minimum atomic E-state index is -1.69. The summed E-state index contributed by atoms with van der Waals surface area (Å²) in [6, 6.07) is 5.00. The Bertz CT molecular complexity index is 696. The number of amides is 2. The summed E-state index contributed by atoms with van der Waals surface area (Å²) in [7, 11) is 0. The molecular weight excluding hydrogens is 464 g/mol. The van der Waals surface area contributed by atoms with Crippen molar-refractivity contribution in [1.29, 1.82) is 0 Å². The molecule has 10 heteroatoms. The van der Waals surface area contributed by atoms with E-state index in [1.54, 1.807) is 18.2 Å². The number of aliphatic hydroxyl groups is 1. The number of allylic oxidation sites excluding steroid dienone is 2. The lowest BCUT2D eigenvalue weighted by atomic mass is 9.85. The summed E-state index contributed by atoms with van der Waals surface area (Å²) < 4.78 is -0.693. The number of alkyl halides is 3. The Morgan fingerprint density at radius 2 is 1.62 bits per heavy atom. The summed E-state index contributed by atoms with van der Waals surface area (Å²) in [5.74, 6) is -1.07. The first-order valence-corrected chi connectivity index (χ1v) is 10.1. The average molecular weight is 478 g/mol. The maximum absolute atomic E-state index is 11.9. The monoisotopic (exact) mass is 475 g/mol. The molecule has 1 N–H and O–H groups in total. The summed E-state index contributed by atoms with van der Waals surface area (Å²) in [4.78, 5) is 23.8. The Kier molecular flexibility index (Phi) is 7.99. The van der Waals surface area contributed by atoms with Gasteiger partial charge >= 0.3 is 0 Å². The summed E-state index contributed by atoms with van der Waals surface area (Å²) >= 11 is 28.7. The van der Waals surface area contributed by atoms with Crippen molar-refractivity contribution in [3.63, 3.8) is 0 Å². The van der Waals surface area contributed by atoms with E-state index < -0.39 is 3.12 Å². The second-order valence-electron chi connectivity index (χ2n) is 5.56. The first-order chi connectivity index (χ1) is 12.1. The van der Waals surface area contributed by atoms with Crippen LogP contribution in [0.2, 0.25) is 10.0 Å². The van der Waals surface area contributed by atoms with E-state index in [0.717, 1.165) is 4.31 Å². The molecule has 0 spiro atoms. The van der Waals surface area contributed by atoms with Crippen molar-refractivity contribution in [2.75, 3.05) is 0 Å². The topological polar surface area (TPSA) is 57.6 Å². The van der Waals surface area contributed by atoms with Crippen LogP contribution in [0.25, 0.3) is 0 Å². The second kappa shape index (κ2) is 9.37. The van der Waals surface area contributed by atoms with E-state index in [0.29, 0.717) is 40.4 Å². The van der Waals surface area contributed by atoms with Crippen molar-refractivity contribution in [2.45, 2.75) is 22.6 Å². The quantitative estimate of drug-likeness (QED) is 0.268. The minimum Gasteiger partial charge on any atom is -0.392 e. The van der Waals surface area contributed by atoms with E-state index in [9.17, 15) is 9.59 Å². The van der Waals surface area contributed by atoms with E-state index in [2.05, 4.69) is 0 Å². The zero-order valence-corrected chi connectivity index (χ0v) is 17.8. The number of carbonyl (C=O) groups is 2. The van der Waals surface area contributed by atoms with Gasteiger partial charge in [0.05, 0.1) is 18.4 Å². The van der Waals surface area contributed by atoms with Gasteiger partial charge in [0.15, 0.2) is 0 Å². The van der Waals surface area contributed by atoms with Crippen molar-refractivity contribution in [3.8, 4) is 0 Å². The van der Waals surface area contributed by atoms with Gasteiger partial charge in [-0.1, -0.05) is 76.2 Å². The molecule has 3 rings (SSSR count). The van der Waals surface area contributed by atoms with E-state index in [1.165, 1.54) is 0 Å². The Labute approximate surface area is 180 Å². The summed E-state index contributed by atoms with van der Waals surface area (Å²) in [5.41, 5.74) is 0.700. The molecule has 1 aromatic carbocycles. The van der Waals surface area contributed by atoms with Gasteiger partial charge in [0.25, 0.3) is 3.12 Å². The van der Waals surface area contributed by atoms with Crippen LogP contribution in [0, 0.1) is 11.8 Å². The van der Waals surface area contributed by atoms with E-state index in [-0.39, 0.29) is 30.3 Å². The molecule has 1 heterocycles. The molecule has 4 nitrogen and oxygen atoms in total. The number of halogens is 5. The van der Waals surface area contributed by atoms with Crippen LogP contribution in [0.5, 0.6) is 0 Å². The number of imide groups is 1. The van der Waals surface area contributed by atoms with Gasteiger partial charge in [-0.2, -0.15) is 0 Å². The Balaban J connectivity index is 0.000000209. The van der Waals surface area contributed by atoms with Gasteiger partial charge in [-0.05, 0) is 30.5 Å². The number of aliphatic hydroxyl groups excluding tert-OH is 1. The zero-order chi connectivity index (χ0) is 19.5. The second-order valence-corrected chi connectivity index (χ2v) is 10.5. The van der Waals surface area contributed by atoms with Crippen molar-refractivity contribution < 1.29 is 14.7 Å². The van der Waals surface area contributed by atoms with Crippen LogP contribution in [-0.2, 0) is 16.2 Å². The van der Waals surface area contributed by atoms with E-state index in [1.807, 2.05) is 12.2 Å². The summed E-state index contributed by atoms with van der Waals surface area (Å²) in [6.07, 6.45) is 5.00. The molecule has 0 bridgehead atoms. The molecule has 2 atom stereocenters. The summed E-state index contributed by atoms with van der Waals surface area (Å²) in [5, 5.41) is 9.78. The molecule has 1 fully saturated rings. The fourth-order valence-corrected chi connectivity index (χ4v) is 4.36. The molecule has 26 heavy (non-hydrogen) atoms. The van der Waals surface area contributed by atoms with Gasteiger partial charge in [0.1, 0.15) is 0 Å². The number of benzene rings is 1. The highest BCUT2D eigenvalue weighted by Crippen LogP contribution is 2.46. The Morgan fingerprint density at radius 3 is 2.04 bits per heavy atom. The number of fused-ring (bicyclic) bond motifs is 1. The number of rotatable bonds is 2. The lowest BCUT2D eigenvalue weighted by Gasteiger charge is -2.17. The fraction of sp³-hybridized carbons (Fsp3) is 0.375. The van der Waals surface area contributed by atoms with Crippen molar-refractivity contribution in [3.05, 3.63) is 46.0 Å². The maximum Gasteiger partial charge on any atom is 0.256 e. The predicted molar refractivity (Wildman–Crippen MR) is 107 cm³/mol. The van der Waals surface area contributed by atoms with Gasteiger partial charge in [-0.15, -0.1) is 0 Å². The molecule has 1 aliphatic carbocycles. The summed E-state index contributed by atoms with van der Waals surface area (Å²) in [6.45, 7) is -0.0456. The van der Waals surface area contributed by atoms with Gasteiger partial charge in [-0.3, -0.25) is 9.59 Å². The van der Waals surface area contributed by atoms with Crippen LogP contribution in [-0.4, -0.2) is 24.4 Å². The smallest absolute Gasteiger partial charge is 0.256 e. The first-order valence-electron chi connectivity index (χ1n) is 7.47. The van der Waals surface area contributed by atoms with E-state index in [4.69, 9.17) is 63.1 Å². The van der Waals surface area contributed by atoms with Crippen LogP contribution in [0.1, 0.15) is 18.4 Å². The van der Waals surface area contributed by atoms with Crippen molar-refractivity contribution >= 4 is 81.8 Å². The third-order valence-corrected chi connectivity index (χ3v) is 5.80. The highest BCUT2D eigenvalue weighted by atomic mass is 35.6. The number of carbonyl (C=O) groups excluding carboxylic acids is 2. The molecule has 2 unspecified atom stereocenters. The van der Waals surface area contributed by atoms with Crippen LogP contribution >= 0.6 is 70.0 Å². The third kappa shape index (κ3) is 5.68. The lowest BCUT2D eigenvalue weighted by molar-refractivity contribution is -0.133. The maximum atomic E-state index is 11.9. The van der Waals surface area contributed by atoms with Gasteiger partial charge < -0.3 is 5.11 Å². The molecule has 1 aromatic rings. The SMILES string of the molecule is O=C1C2CC=CCC2C(=O)N1SC(Cl)(Cl)Cl.OCc1ccc(Cl)cc1Cl. The molecule has 0 radical (unpaired) electrons. The Hall–Kier alpha value is -0.140.